The summed E-state index contributed by atoms with van der Waals surface area (Å²) in [5.74, 6) is -0.689. The number of carbonyl (C=O) groups is 2. The van der Waals surface area contributed by atoms with Gasteiger partial charge in [0.25, 0.3) is 0 Å². The third kappa shape index (κ3) is 3.30. The molecule has 2 fully saturated rings. The van der Waals surface area contributed by atoms with Gasteiger partial charge in [0.05, 0.1) is 0 Å². The average Bonchev–Trinajstić information content (AvgIpc) is 2.87. The maximum absolute atomic E-state index is 12.4. The molecule has 1 aliphatic heterocycles. The van der Waals surface area contributed by atoms with Gasteiger partial charge in [-0.15, -0.1) is 0 Å². The zero-order valence-electron chi connectivity index (χ0n) is 11.8. The van der Waals surface area contributed by atoms with Crippen LogP contribution in [0.5, 0.6) is 0 Å². The predicted octanol–water partition coefficient (Wildman–Crippen LogP) is 2.29. The van der Waals surface area contributed by atoms with Gasteiger partial charge in [-0.25, -0.2) is 0 Å². The maximum atomic E-state index is 12.4. The zero-order chi connectivity index (χ0) is 15.7. The van der Waals surface area contributed by atoms with Gasteiger partial charge in [-0.1, -0.05) is 19.8 Å². The van der Waals surface area contributed by atoms with Crippen LogP contribution < -0.4 is 5.32 Å². The van der Waals surface area contributed by atoms with Crippen LogP contribution in [0.25, 0.3) is 0 Å². The molecule has 1 atom stereocenters. The molecule has 21 heavy (non-hydrogen) atoms. The van der Waals surface area contributed by atoms with E-state index in [0.717, 1.165) is 12.8 Å². The molecular formula is C13H19F3N2O2S. The zero-order valence-corrected chi connectivity index (χ0v) is 12.6. The van der Waals surface area contributed by atoms with Gasteiger partial charge in [0, 0.05) is 12.3 Å². The molecule has 2 rings (SSSR count). The summed E-state index contributed by atoms with van der Waals surface area (Å²) in [6.07, 6.45) is 3.17. The predicted molar refractivity (Wildman–Crippen MR) is 73.6 cm³/mol. The fraction of sp³-hybridized carbons (Fsp3) is 0.846. The molecule has 1 unspecified atom stereocenters. The van der Waals surface area contributed by atoms with Crippen LogP contribution in [0, 0.1) is 0 Å². The van der Waals surface area contributed by atoms with E-state index in [1.54, 1.807) is 6.92 Å². The molecule has 1 heterocycles. The highest BCUT2D eigenvalue weighted by molar-refractivity contribution is 8.00. The lowest BCUT2D eigenvalue weighted by molar-refractivity contribution is -0.157. The SMILES string of the molecule is CCC1NC(=O)C2(CCCC2)N(CCSC(F)(F)F)C1=O. The Hall–Kier alpha value is -0.920. The molecular weight excluding hydrogens is 305 g/mol. The molecule has 0 radical (unpaired) electrons. The lowest BCUT2D eigenvalue weighted by Gasteiger charge is -2.46. The molecule has 1 saturated carbocycles. The quantitative estimate of drug-likeness (QED) is 0.863. The van der Waals surface area contributed by atoms with Crippen LogP contribution in [-0.4, -0.2) is 46.1 Å². The first-order valence-electron chi connectivity index (χ1n) is 7.13. The first kappa shape index (κ1) is 16.5. The summed E-state index contributed by atoms with van der Waals surface area (Å²) in [6, 6.07) is -0.611. The van der Waals surface area contributed by atoms with Crippen molar-refractivity contribution in [2.45, 2.75) is 56.1 Å². The van der Waals surface area contributed by atoms with Crippen molar-refractivity contribution in [3.05, 3.63) is 0 Å². The fourth-order valence-electron chi connectivity index (χ4n) is 3.19. The van der Waals surface area contributed by atoms with Crippen molar-refractivity contribution in [1.29, 1.82) is 0 Å². The van der Waals surface area contributed by atoms with E-state index >= 15 is 0 Å². The lowest BCUT2D eigenvalue weighted by Crippen LogP contribution is -2.69. The van der Waals surface area contributed by atoms with E-state index < -0.39 is 17.1 Å². The van der Waals surface area contributed by atoms with Crippen LogP contribution in [0.3, 0.4) is 0 Å². The largest absolute Gasteiger partial charge is 0.441 e. The van der Waals surface area contributed by atoms with E-state index in [1.807, 2.05) is 0 Å². The third-order valence-corrected chi connectivity index (χ3v) is 4.94. The summed E-state index contributed by atoms with van der Waals surface area (Å²) in [5.41, 5.74) is -5.23. The second-order valence-electron chi connectivity index (χ2n) is 5.46. The Balaban J connectivity index is 2.14. The van der Waals surface area contributed by atoms with Crippen molar-refractivity contribution >= 4 is 23.6 Å². The highest BCUT2D eigenvalue weighted by Gasteiger charge is 2.53. The number of hydrogen-bond acceptors (Lipinski definition) is 3. The molecule has 1 saturated heterocycles. The van der Waals surface area contributed by atoms with Gasteiger partial charge in [-0.05, 0) is 31.0 Å². The van der Waals surface area contributed by atoms with Gasteiger partial charge < -0.3 is 10.2 Å². The van der Waals surface area contributed by atoms with E-state index in [4.69, 9.17) is 0 Å². The number of hydrogen-bond donors (Lipinski definition) is 1. The van der Waals surface area contributed by atoms with Gasteiger partial charge in [-0.2, -0.15) is 13.2 Å². The molecule has 0 bridgehead atoms. The topological polar surface area (TPSA) is 49.4 Å². The number of carbonyl (C=O) groups excluding carboxylic acids is 2. The Bertz CT molecular complexity index is 422. The van der Waals surface area contributed by atoms with Gasteiger partial charge >= 0.3 is 5.51 Å². The van der Waals surface area contributed by atoms with Crippen molar-refractivity contribution in [3.8, 4) is 0 Å². The molecule has 1 aliphatic carbocycles. The van der Waals surface area contributed by atoms with Gasteiger partial charge in [0.2, 0.25) is 11.8 Å². The van der Waals surface area contributed by atoms with Gasteiger partial charge in [-0.3, -0.25) is 9.59 Å². The van der Waals surface area contributed by atoms with Crippen molar-refractivity contribution in [2.24, 2.45) is 0 Å². The third-order valence-electron chi connectivity index (χ3n) is 4.23. The van der Waals surface area contributed by atoms with Crippen molar-refractivity contribution < 1.29 is 22.8 Å². The number of alkyl halides is 3. The summed E-state index contributed by atoms with van der Waals surface area (Å²) in [4.78, 5) is 26.2. The van der Waals surface area contributed by atoms with Crippen molar-refractivity contribution in [2.75, 3.05) is 12.3 Å². The van der Waals surface area contributed by atoms with Crippen molar-refractivity contribution in [1.82, 2.24) is 10.2 Å². The van der Waals surface area contributed by atoms with E-state index in [9.17, 15) is 22.8 Å². The van der Waals surface area contributed by atoms with Crippen LogP contribution in [0.15, 0.2) is 0 Å². The molecule has 1 spiro atoms. The molecule has 0 aromatic rings. The Labute approximate surface area is 125 Å². The standard InChI is InChI=1S/C13H19F3N2O2S/c1-2-9-10(19)18(7-8-21-13(14,15)16)12(11(20)17-9)5-3-4-6-12/h9H,2-8H2,1H3,(H,17,20). The highest BCUT2D eigenvalue weighted by Crippen LogP contribution is 2.39. The second-order valence-corrected chi connectivity index (χ2v) is 6.62. The number of nitrogens with one attached hydrogen (secondary N) is 1. The fourth-order valence-corrected chi connectivity index (χ4v) is 3.69. The Morgan fingerprint density at radius 1 is 1.33 bits per heavy atom. The van der Waals surface area contributed by atoms with E-state index in [1.165, 1.54) is 4.90 Å². The normalized spacial score (nSPS) is 25.5. The Morgan fingerprint density at radius 3 is 2.48 bits per heavy atom. The summed E-state index contributed by atoms with van der Waals surface area (Å²) >= 11 is -0.144. The maximum Gasteiger partial charge on any atom is 0.441 e. The smallest absolute Gasteiger partial charge is 0.342 e. The number of piperazine rings is 1. The monoisotopic (exact) mass is 324 g/mol. The highest BCUT2D eigenvalue weighted by atomic mass is 32.2. The Kier molecular flexibility index (Phi) is 4.75. The minimum Gasteiger partial charge on any atom is -0.342 e. The minimum absolute atomic E-state index is 0.0348. The van der Waals surface area contributed by atoms with Gasteiger partial charge in [0.15, 0.2) is 0 Å². The van der Waals surface area contributed by atoms with Gasteiger partial charge in [0.1, 0.15) is 11.6 Å². The molecule has 2 amide bonds. The first-order valence-corrected chi connectivity index (χ1v) is 8.12. The molecule has 120 valence electrons. The summed E-state index contributed by atoms with van der Waals surface area (Å²) in [7, 11) is 0. The van der Waals surface area contributed by atoms with Crippen LogP contribution in [0.2, 0.25) is 0 Å². The molecule has 0 aromatic carbocycles. The van der Waals surface area contributed by atoms with E-state index in [0.29, 0.717) is 19.3 Å². The molecule has 2 aliphatic rings. The number of halogens is 3. The second kappa shape index (κ2) is 6.06. The van der Waals surface area contributed by atoms with Crippen LogP contribution >= 0.6 is 11.8 Å². The van der Waals surface area contributed by atoms with Crippen LogP contribution in [-0.2, 0) is 9.59 Å². The van der Waals surface area contributed by atoms with Crippen LogP contribution in [0.1, 0.15) is 39.0 Å². The average molecular weight is 324 g/mol. The number of thioether (sulfide) groups is 1. The molecule has 4 nitrogen and oxygen atoms in total. The number of rotatable bonds is 4. The minimum atomic E-state index is -4.31. The molecule has 1 N–H and O–H groups in total. The first-order chi connectivity index (χ1) is 9.80. The summed E-state index contributed by atoms with van der Waals surface area (Å²) in [5, 5.41) is 2.73. The summed E-state index contributed by atoms with van der Waals surface area (Å²) < 4.78 is 36.8. The van der Waals surface area contributed by atoms with Crippen LogP contribution in [0.4, 0.5) is 13.2 Å². The summed E-state index contributed by atoms with van der Waals surface area (Å²) in [6.45, 7) is 1.74. The molecule has 0 aromatic heterocycles. The Morgan fingerprint density at radius 2 is 1.95 bits per heavy atom. The van der Waals surface area contributed by atoms with Crippen molar-refractivity contribution in [3.63, 3.8) is 0 Å². The van der Waals surface area contributed by atoms with E-state index in [-0.39, 0.29) is 35.9 Å². The number of amides is 2. The lowest BCUT2D eigenvalue weighted by atomic mass is 9.89. The molecule has 8 heteroatoms. The number of nitrogens with zero attached hydrogens (tertiary/aromatic N) is 1. The van der Waals surface area contributed by atoms with E-state index in [2.05, 4.69) is 5.32 Å².